The van der Waals surface area contributed by atoms with Crippen LogP contribution in [0.4, 0.5) is 0 Å². The number of benzene rings is 3. The van der Waals surface area contributed by atoms with Gasteiger partial charge in [0.25, 0.3) is 0 Å². The first-order valence-corrected chi connectivity index (χ1v) is 7.57. The number of rotatable bonds is 3. The quantitative estimate of drug-likeness (QED) is 0.410. The molecule has 3 aromatic rings. The monoisotopic (exact) mass is 332 g/mol. The van der Waals surface area contributed by atoms with Crippen molar-refractivity contribution >= 4 is 18.2 Å². The molecule has 0 spiro atoms. The van der Waals surface area contributed by atoms with Crippen molar-refractivity contribution in [3.63, 3.8) is 0 Å². The molecule has 0 N–H and O–H groups in total. The summed E-state index contributed by atoms with van der Waals surface area (Å²) in [7, 11) is 0. The molecule has 0 radical (unpaired) electrons. The van der Waals surface area contributed by atoms with Crippen LogP contribution in [-0.2, 0) is 4.74 Å². The molecule has 0 unspecified atom stereocenters. The summed E-state index contributed by atoms with van der Waals surface area (Å²) in [6.45, 7) is 0. The third-order valence-electron chi connectivity index (χ3n) is 3.14. The Morgan fingerprint density at radius 2 is 0.960 bits per heavy atom. The second-order valence-corrected chi connectivity index (χ2v) is 4.94. The SMILES string of the molecule is O=C(OC(=O)c1ccccc1)c1ccccc1.O=Cc1ccccc1. The summed E-state index contributed by atoms with van der Waals surface area (Å²) in [4.78, 5) is 33.2. The predicted octanol–water partition coefficient (Wildman–Crippen LogP) is 4.18. The standard InChI is InChI=1S/C14H10O3.C7H6O/c15-13(11-7-3-1-4-8-11)17-14(16)12-9-5-2-6-10-12;8-6-7-4-2-1-3-5-7/h1-10H;1-6H. The van der Waals surface area contributed by atoms with Gasteiger partial charge in [-0.15, -0.1) is 0 Å². The van der Waals surface area contributed by atoms with E-state index in [9.17, 15) is 14.4 Å². The first-order chi connectivity index (χ1) is 12.2. The van der Waals surface area contributed by atoms with Gasteiger partial charge < -0.3 is 4.74 Å². The molecule has 3 rings (SSSR count). The van der Waals surface area contributed by atoms with E-state index in [4.69, 9.17) is 4.74 Å². The Bertz CT molecular complexity index is 763. The average molecular weight is 332 g/mol. The molecule has 0 aliphatic rings. The molecule has 0 aliphatic carbocycles. The summed E-state index contributed by atoms with van der Waals surface area (Å²) in [6.07, 6.45) is 0.833. The summed E-state index contributed by atoms with van der Waals surface area (Å²) in [5.74, 6) is -1.28. The maximum absolute atomic E-state index is 11.6. The van der Waals surface area contributed by atoms with Gasteiger partial charge in [-0.1, -0.05) is 66.7 Å². The van der Waals surface area contributed by atoms with Gasteiger partial charge in [-0.3, -0.25) is 4.79 Å². The highest BCUT2D eigenvalue weighted by atomic mass is 16.6. The normalized spacial score (nSPS) is 9.28. The first kappa shape index (κ1) is 17.8. The highest BCUT2D eigenvalue weighted by Gasteiger charge is 2.13. The zero-order valence-corrected chi connectivity index (χ0v) is 13.4. The van der Waals surface area contributed by atoms with Gasteiger partial charge in [0.1, 0.15) is 6.29 Å². The minimum atomic E-state index is -0.639. The number of ether oxygens (including phenoxy) is 1. The lowest BCUT2D eigenvalue weighted by Crippen LogP contribution is -2.12. The number of hydrogen-bond acceptors (Lipinski definition) is 4. The molecule has 0 heterocycles. The molecule has 4 nitrogen and oxygen atoms in total. The van der Waals surface area contributed by atoms with Gasteiger partial charge in [0.2, 0.25) is 0 Å². The van der Waals surface area contributed by atoms with E-state index in [2.05, 4.69) is 0 Å². The minimum Gasteiger partial charge on any atom is -0.386 e. The smallest absolute Gasteiger partial charge is 0.346 e. The second kappa shape index (κ2) is 9.57. The topological polar surface area (TPSA) is 60.4 Å². The Labute approximate surface area is 145 Å². The molecule has 0 fully saturated rings. The molecule has 0 amide bonds. The van der Waals surface area contributed by atoms with E-state index in [0.29, 0.717) is 11.1 Å². The Balaban J connectivity index is 0.000000236. The van der Waals surface area contributed by atoms with E-state index in [0.717, 1.165) is 11.8 Å². The van der Waals surface area contributed by atoms with Crippen LogP contribution < -0.4 is 0 Å². The van der Waals surface area contributed by atoms with E-state index >= 15 is 0 Å². The molecular formula is C21H16O4. The number of esters is 2. The summed E-state index contributed by atoms with van der Waals surface area (Å²) < 4.78 is 4.74. The highest BCUT2D eigenvalue weighted by Crippen LogP contribution is 2.06. The summed E-state index contributed by atoms with van der Waals surface area (Å²) in [6, 6.07) is 25.9. The molecule has 25 heavy (non-hydrogen) atoms. The van der Waals surface area contributed by atoms with Crippen molar-refractivity contribution in [1.29, 1.82) is 0 Å². The maximum atomic E-state index is 11.6. The number of hydrogen-bond donors (Lipinski definition) is 0. The Hall–Kier alpha value is -3.53. The minimum absolute atomic E-state index is 0.358. The van der Waals surface area contributed by atoms with Crippen LogP contribution in [-0.4, -0.2) is 18.2 Å². The number of carbonyl (C=O) groups excluding carboxylic acids is 3. The van der Waals surface area contributed by atoms with Gasteiger partial charge in [-0.2, -0.15) is 0 Å². The van der Waals surface area contributed by atoms with Gasteiger partial charge in [-0.25, -0.2) is 9.59 Å². The summed E-state index contributed by atoms with van der Waals surface area (Å²) in [5, 5.41) is 0. The lowest BCUT2D eigenvalue weighted by atomic mass is 10.2. The Kier molecular flexibility index (Phi) is 6.82. The fraction of sp³-hybridized carbons (Fsp3) is 0. The second-order valence-electron chi connectivity index (χ2n) is 4.94. The molecule has 0 saturated heterocycles. The largest absolute Gasteiger partial charge is 0.386 e. The molecule has 0 bridgehead atoms. The van der Waals surface area contributed by atoms with E-state index in [1.54, 1.807) is 72.8 Å². The van der Waals surface area contributed by atoms with Crippen molar-refractivity contribution in [2.75, 3.05) is 0 Å². The van der Waals surface area contributed by atoms with Crippen molar-refractivity contribution in [2.45, 2.75) is 0 Å². The highest BCUT2D eigenvalue weighted by molar-refractivity contribution is 6.02. The van der Waals surface area contributed by atoms with Crippen LogP contribution >= 0.6 is 0 Å². The van der Waals surface area contributed by atoms with Gasteiger partial charge in [-0.05, 0) is 24.3 Å². The van der Waals surface area contributed by atoms with E-state index in [1.807, 2.05) is 18.2 Å². The molecule has 0 aromatic heterocycles. The first-order valence-electron chi connectivity index (χ1n) is 7.57. The van der Waals surface area contributed by atoms with E-state index in [1.165, 1.54) is 0 Å². The Morgan fingerprint density at radius 1 is 0.600 bits per heavy atom. The van der Waals surface area contributed by atoms with Crippen LogP contribution in [0.15, 0.2) is 91.0 Å². The zero-order valence-electron chi connectivity index (χ0n) is 13.4. The van der Waals surface area contributed by atoms with Gasteiger partial charge in [0.15, 0.2) is 0 Å². The van der Waals surface area contributed by atoms with Crippen molar-refractivity contribution in [2.24, 2.45) is 0 Å². The molecule has 0 saturated carbocycles. The van der Waals surface area contributed by atoms with E-state index < -0.39 is 11.9 Å². The van der Waals surface area contributed by atoms with Crippen molar-refractivity contribution in [3.8, 4) is 0 Å². The number of aldehydes is 1. The fourth-order valence-electron chi connectivity index (χ4n) is 1.88. The van der Waals surface area contributed by atoms with Crippen molar-refractivity contribution in [1.82, 2.24) is 0 Å². The molecule has 3 aromatic carbocycles. The van der Waals surface area contributed by atoms with Gasteiger partial charge >= 0.3 is 11.9 Å². The Morgan fingerprint density at radius 3 is 1.28 bits per heavy atom. The fourth-order valence-corrected chi connectivity index (χ4v) is 1.88. The van der Waals surface area contributed by atoms with Gasteiger partial charge in [0.05, 0.1) is 11.1 Å². The molecule has 4 heteroatoms. The van der Waals surface area contributed by atoms with Crippen LogP contribution in [0, 0.1) is 0 Å². The molecule has 124 valence electrons. The summed E-state index contributed by atoms with van der Waals surface area (Å²) >= 11 is 0. The van der Waals surface area contributed by atoms with Crippen molar-refractivity contribution < 1.29 is 19.1 Å². The third-order valence-corrected chi connectivity index (χ3v) is 3.14. The van der Waals surface area contributed by atoms with Crippen LogP contribution in [0.1, 0.15) is 31.1 Å². The third kappa shape index (κ3) is 5.88. The molecule has 0 aliphatic heterocycles. The maximum Gasteiger partial charge on any atom is 0.346 e. The average Bonchev–Trinajstić information content (AvgIpc) is 2.70. The van der Waals surface area contributed by atoms with Crippen LogP contribution in [0.25, 0.3) is 0 Å². The lowest BCUT2D eigenvalue weighted by Gasteiger charge is -2.02. The van der Waals surface area contributed by atoms with Gasteiger partial charge in [0, 0.05) is 5.56 Å². The van der Waals surface area contributed by atoms with Crippen LogP contribution in [0.3, 0.4) is 0 Å². The zero-order chi connectivity index (χ0) is 17.9. The van der Waals surface area contributed by atoms with Crippen LogP contribution in [0.5, 0.6) is 0 Å². The van der Waals surface area contributed by atoms with Crippen LogP contribution in [0.2, 0.25) is 0 Å². The predicted molar refractivity (Wildman–Crippen MR) is 94.5 cm³/mol. The van der Waals surface area contributed by atoms with E-state index in [-0.39, 0.29) is 0 Å². The molecule has 0 atom stereocenters. The molecular weight excluding hydrogens is 316 g/mol. The number of carbonyl (C=O) groups is 3. The summed E-state index contributed by atoms with van der Waals surface area (Å²) in [5.41, 5.74) is 1.45. The lowest BCUT2D eigenvalue weighted by molar-refractivity contribution is 0.0397. The van der Waals surface area contributed by atoms with Crippen molar-refractivity contribution in [3.05, 3.63) is 108 Å².